The Bertz CT molecular complexity index is 679. The van der Waals surface area contributed by atoms with Crippen LogP contribution in [-0.4, -0.2) is 15.7 Å². The first kappa shape index (κ1) is 12.4. The number of fused-ring (bicyclic) bond motifs is 1. The number of nitrogens with zero attached hydrogens (tertiary/aromatic N) is 2. The summed E-state index contributed by atoms with van der Waals surface area (Å²) >= 11 is 3.47. The first-order chi connectivity index (χ1) is 9.31. The van der Waals surface area contributed by atoms with Crippen molar-refractivity contribution in [1.82, 2.24) is 9.97 Å². The number of rotatable bonds is 4. The molecule has 2 N–H and O–H groups in total. The van der Waals surface area contributed by atoms with Gasteiger partial charge in [0.1, 0.15) is 0 Å². The van der Waals surface area contributed by atoms with Gasteiger partial charge in [-0.15, -0.1) is 11.3 Å². The van der Waals surface area contributed by atoms with E-state index in [1.807, 2.05) is 36.5 Å². The lowest BCUT2D eigenvalue weighted by atomic mass is 10.3. The maximum atomic E-state index is 5.77. The van der Waals surface area contributed by atoms with Crippen molar-refractivity contribution in [1.29, 1.82) is 0 Å². The van der Waals surface area contributed by atoms with Crippen LogP contribution in [0.4, 0.5) is 5.69 Å². The van der Waals surface area contributed by atoms with Crippen molar-refractivity contribution in [2.75, 3.05) is 11.5 Å². The third-order valence-corrected chi connectivity index (χ3v) is 4.87. The summed E-state index contributed by atoms with van der Waals surface area (Å²) in [5.41, 5.74) is 8.72. The number of nitrogen functional groups attached to an aromatic ring is 1. The van der Waals surface area contributed by atoms with Gasteiger partial charge in [-0.05, 0) is 36.8 Å². The number of aryl methyl sites for hydroxylation is 1. The molecule has 3 nitrogen and oxygen atoms in total. The molecule has 0 bridgehead atoms. The molecule has 1 aromatic carbocycles. The Balaban J connectivity index is 1.65. The summed E-state index contributed by atoms with van der Waals surface area (Å²) in [4.78, 5) is 8.91. The largest absolute Gasteiger partial charge is 0.399 e. The van der Waals surface area contributed by atoms with E-state index in [9.17, 15) is 0 Å². The van der Waals surface area contributed by atoms with Gasteiger partial charge >= 0.3 is 0 Å². The average Bonchev–Trinajstić information content (AvgIpc) is 2.82. The van der Waals surface area contributed by atoms with Gasteiger partial charge in [0.15, 0.2) is 4.34 Å². The normalized spacial score (nSPS) is 10.9. The van der Waals surface area contributed by atoms with E-state index in [1.165, 1.54) is 0 Å². The maximum Gasteiger partial charge on any atom is 0.151 e. The Hall–Kier alpha value is -1.59. The summed E-state index contributed by atoms with van der Waals surface area (Å²) in [6, 6.07) is 11.9. The van der Waals surface area contributed by atoms with Gasteiger partial charge in [0.05, 0.1) is 10.2 Å². The van der Waals surface area contributed by atoms with Crippen molar-refractivity contribution in [3.63, 3.8) is 0 Å². The van der Waals surface area contributed by atoms with Crippen molar-refractivity contribution in [3.8, 4) is 0 Å². The molecule has 0 fully saturated rings. The molecule has 3 rings (SSSR count). The molecular weight excluding hydrogens is 274 g/mol. The summed E-state index contributed by atoms with van der Waals surface area (Å²) in [7, 11) is 0. The zero-order chi connectivity index (χ0) is 13.1. The van der Waals surface area contributed by atoms with Crippen LogP contribution in [0.25, 0.3) is 10.2 Å². The van der Waals surface area contributed by atoms with Crippen molar-refractivity contribution in [2.24, 2.45) is 0 Å². The van der Waals surface area contributed by atoms with Gasteiger partial charge in [-0.1, -0.05) is 17.8 Å². The van der Waals surface area contributed by atoms with Crippen LogP contribution < -0.4 is 5.73 Å². The van der Waals surface area contributed by atoms with Gasteiger partial charge in [0.2, 0.25) is 0 Å². The molecule has 3 aromatic rings. The Morgan fingerprint density at radius 1 is 1.21 bits per heavy atom. The van der Waals surface area contributed by atoms with Gasteiger partial charge < -0.3 is 5.73 Å². The number of thioether (sulfide) groups is 1. The molecule has 0 saturated carbocycles. The Morgan fingerprint density at radius 2 is 2.16 bits per heavy atom. The van der Waals surface area contributed by atoms with Crippen molar-refractivity contribution in [2.45, 2.75) is 10.8 Å². The number of thiazole rings is 1. The number of hydrogen-bond donors (Lipinski definition) is 1. The number of pyridine rings is 1. The maximum absolute atomic E-state index is 5.77. The molecule has 0 saturated heterocycles. The number of anilines is 1. The molecule has 5 heteroatoms. The topological polar surface area (TPSA) is 51.8 Å². The molecule has 96 valence electrons. The van der Waals surface area contributed by atoms with E-state index < -0.39 is 0 Å². The Kier molecular flexibility index (Phi) is 3.66. The van der Waals surface area contributed by atoms with E-state index in [0.717, 1.165) is 38.1 Å². The minimum atomic E-state index is 0.793. The number of benzene rings is 1. The van der Waals surface area contributed by atoms with Crippen molar-refractivity contribution in [3.05, 3.63) is 48.3 Å². The van der Waals surface area contributed by atoms with E-state index >= 15 is 0 Å². The summed E-state index contributed by atoms with van der Waals surface area (Å²) in [6.07, 6.45) is 2.80. The van der Waals surface area contributed by atoms with Gasteiger partial charge in [-0.2, -0.15) is 0 Å². The zero-order valence-electron chi connectivity index (χ0n) is 10.2. The standard InChI is InChI=1S/C14H13N3S2/c15-10-4-5-12-13(9-10)19-14(17-12)18-8-6-11-3-1-2-7-16-11/h1-5,7,9H,6,8,15H2. The summed E-state index contributed by atoms with van der Waals surface area (Å²) in [5, 5.41) is 0. The Labute approximate surface area is 119 Å². The lowest BCUT2D eigenvalue weighted by molar-refractivity contribution is 1.04. The molecule has 0 amide bonds. The SMILES string of the molecule is Nc1ccc2nc(SCCc3ccccn3)sc2c1. The highest BCUT2D eigenvalue weighted by Gasteiger charge is 2.05. The van der Waals surface area contributed by atoms with Crippen LogP contribution in [0.15, 0.2) is 46.9 Å². The summed E-state index contributed by atoms with van der Waals surface area (Å²) in [6.45, 7) is 0. The van der Waals surface area contributed by atoms with Crippen LogP contribution >= 0.6 is 23.1 Å². The molecule has 0 spiro atoms. The predicted molar refractivity (Wildman–Crippen MR) is 82.7 cm³/mol. The summed E-state index contributed by atoms with van der Waals surface area (Å²) < 4.78 is 2.25. The van der Waals surface area contributed by atoms with E-state index in [-0.39, 0.29) is 0 Å². The lowest BCUT2D eigenvalue weighted by Gasteiger charge is -1.97. The fourth-order valence-electron chi connectivity index (χ4n) is 1.77. The van der Waals surface area contributed by atoms with Gasteiger partial charge in [-0.3, -0.25) is 4.98 Å². The second kappa shape index (κ2) is 5.59. The molecule has 0 atom stereocenters. The van der Waals surface area contributed by atoms with Crippen LogP contribution in [0.3, 0.4) is 0 Å². The van der Waals surface area contributed by atoms with E-state index in [4.69, 9.17) is 5.73 Å². The highest BCUT2D eigenvalue weighted by molar-refractivity contribution is 8.01. The molecule has 19 heavy (non-hydrogen) atoms. The fourth-order valence-corrected chi connectivity index (χ4v) is 3.92. The molecule has 2 aromatic heterocycles. The van der Waals surface area contributed by atoms with Crippen LogP contribution in [0.1, 0.15) is 5.69 Å². The highest BCUT2D eigenvalue weighted by atomic mass is 32.2. The molecule has 0 aliphatic rings. The molecule has 0 aliphatic carbocycles. The van der Waals surface area contributed by atoms with Crippen molar-refractivity contribution < 1.29 is 0 Å². The van der Waals surface area contributed by atoms with Crippen molar-refractivity contribution >= 4 is 39.0 Å². The van der Waals surface area contributed by atoms with Gasteiger partial charge in [-0.25, -0.2) is 4.98 Å². The van der Waals surface area contributed by atoms with Crippen LogP contribution in [0, 0.1) is 0 Å². The molecule has 0 unspecified atom stereocenters. The third kappa shape index (κ3) is 3.05. The highest BCUT2D eigenvalue weighted by Crippen LogP contribution is 2.30. The predicted octanol–water partition coefficient (Wildman–Crippen LogP) is 3.61. The first-order valence-electron chi connectivity index (χ1n) is 6.00. The van der Waals surface area contributed by atoms with Crippen LogP contribution in [0.5, 0.6) is 0 Å². The number of hydrogen-bond acceptors (Lipinski definition) is 5. The average molecular weight is 287 g/mol. The monoisotopic (exact) mass is 287 g/mol. The third-order valence-electron chi connectivity index (χ3n) is 2.70. The Morgan fingerprint density at radius 3 is 3.00 bits per heavy atom. The molecule has 0 radical (unpaired) electrons. The second-order valence-corrected chi connectivity index (χ2v) is 6.50. The summed E-state index contributed by atoms with van der Waals surface area (Å²) in [5.74, 6) is 0.992. The van der Waals surface area contributed by atoms with Gasteiger partial charge in [0.25, 0.3) is 0 Å². The quantitative estimate of drug-likeness (QED) is 0.588. The van der Waals surface area contributed by atoms with E-state index in [2.05, 4.69) is 16.0 Å². The van der Waals surface area contributed by atoms with Gasteiger partial charge in [0, 0.05) is 23.3 Å². The number of nitrogens with two attached hydrogens (primary N) is 1. The minimum absolute atomic E-state index is 0.793. The smallest absolute Gasteiger partial charge is 0.151 e. The zero-order valence-corrected chi connectivity index (χ0v) is 11.9. The molecule has 0 aliphatic heterocycles. The van der Waals surface area contributed by atoms with Crippen LogP contribution in [0.2, 0.25) is 0 Å². The second-order valence-electron chi connectivity index (χ2n) is 4.13. The lowest BCUT2D eigenvalue weighted by Crippen LogP contribution is -1.90. The molecule has 2 heterocycles. The minimum Gasteiger partial charge on any atom is -0.399 e. The van der Waals surface area contributed by atoms with E-state index in [0.29, 0.717) is 0 Å². The molecular formula is C14H13N3S2. The first-order valence-corrected chi connectivity index (χ1v) is 7.80. The number of aromatic nitrogens is 2. The fraction of sp³-hybridized carbons (Fsp3) is 0.143. The van der Waals surface area contributed by atoms with Crippen LogP contribution in [-0.2, 0) is 6.42 Å². The van der Waals surface area contributed by atoms with E-state index in [1.54, 1.807) is 23.1 Å².